The number of hydrogen-bond donors (Lipinski definition) is 1. The Morgan fingerprint density at radius 1 is 1.23 bits per heavy atom. The van der Waals surface area contributed by atoms with E-state index in [1.54, 1.807) is 18.5 Å². The molecule has 114 valence electrons. The van der Waals surface area contributed by atoms with Gasteiger partial charge < -0.3 is 10.2 Å². The number of anilines is 2. The first-order valence-corrected chi connectivity index (χ1v) is 8.10. The van der Waals surface area contributed by atoms with Gasteiger partial charge in [0.1, 0.15) is 0 Å². The van der Waals surface area contributed by atoms with Gasteiger partial charge in [0.05, 0.1) is 5.92 Å². The summed E-state index contributed by atoms with van der Waals surface area (Å²) in [7, 11) is 0. The number of hydrogen-bond acceptors (Lipinski definition) is 4. The molecule has 2 aromatic rings. The maximum atomic E-state index is 12.4. The minimum absolute atomic E-state index is 0.0406. The van der Waals surface area contributed by atoms with Gasteiger partial charge in [0, 0.05) is 35.6 Å². The fourth-order valence-electron chi connectivity index (χ4n) is 2.60. The van der Waals surface area contributed by atoms with Crippen LogP contribution in [0.1, 0.15) is 12.8 Å². The van der Waals surface area contributed by atoms with E-state index < -0.39 is 0 Å². The molecule has 22 heavy (non-hydrogen) atoms. The van der Waals surface area contributed by atoms with Crippen LogP contribution in [0.15, 0.2) is 47.2 Å². The minimum Gasteiger partial charge on any atom is -0.340 e. The molecule has 0 spiro atoms. The molecule has 1 aliphatic heterocycles. The van der Waals surface area contributed by atoms with E-state index in [2.05, 4.69) is 36.1 Å². The molecule has 6 heteroatoms. The van der Waals surface area contributed by atoms with Crippen molar-refractivity contribution in [1.29, 1.82) is 0 Å². The second-order valence-electron chi connectivity index (χ2n) is 5.33. The summed E-state index contributed by atoms with van der Waals surface area (Å²) in [5.74, 6) is 0.716. The van der Waals surface area contributed by atoms with Crippen molar-refractivity contribution in [2.45, 2.75) is 12.8 Å². The Labute approximate surface area is 137 Å². The molecule has 1 saturated heterocycles. The van der Waals surface area contributed by atoms with Crippen LogP contribution in [0.2, 0.25) is 0 Å². The monoisotopic (exact) mass is 360 g/mol. The lowest BCUT2D eigenvalue weighted by Gasteiger charge is -2.31. The van der Waals surface area contributed by atoms with Gasteiger partial charge >= 0.3 is 0 Å². The summed E-state index contributed by atoms with van der Waals surface area (Å²) >= 11 is 3.39. The van der Waals surface area contributed by atoms with E-state index >= 15 is 0 Å². The normalized spacial score (nSPS) is 18.0. The first-order chi connectivity index (χ1) is 10.7. The summed E-state index contributed by atoms with van der Waals surface area (Å²) < 4.78 is 0.996. The molecule has 3 rings (SSSR count). The maximum Gasteiger partial charge on any atom is 0.229 e. The van der Waals surface area contributed by atoms with Crippen LogP contribution < -0.4 is 10.2 Å². The van der Waals surface area contributed by atoms with Crippen LogP contribution in [0.25, 0.3) is 0 Å². The van der Waals surface area contributed by atoms with Crippen LogP contribution in [0.5, 0.6) is 0 Å². The van der Waals surface area contributed by atoms with Crippen LogP contribution in [-0.4, -0.2) is 29.0 Å². The molecule has 1 aromatic heterocycles. The molecule has 1 amide bonds. The largest absolute Gasteiger partial charge is 0.340 e. The van der Waals surface area contributed by atoms with Crippen molar-refractivity contribution in [3.63, 3.8) is 0 Å². The Kier molecular flexibility index (Phi) is 4.68. The van der Waals surface area contributed by atoms with Gasteiger partial charge in [-0.1, -0.05) is 15.9 Å². The Hall–Kier alpha value is -1.95. The highest BCUT2D eigenvalue weighted by Gasteiger charge is 2.27. The lowest BCUT2D eigenvalue weighted by molar-refractivity contribution is -0.120. The zero-order valence-corrected chi connectivity index (χ0v) is 13.7. The van der Waals surface area contributed by atoms with E-state index in [1.807, 2.05) is 24.3 Å². The standard InChI is InChI=1S/C16H17BrN4O/c17-13-4-6-14(7-5-13)20-15(22)12-3-1-10-21(11-12)16-18-8-2-9-19-16/h2,4-9,12H,1,3,10-11H2,(H,20,22). The predicted molar refractivity (Wildman–Crippen MR) is 89.7 cm³/mol. The van der Waals surface area contributed by atoms with Gasteiger partial charge in [-0.2, -0.15) is 0 Å². The average molecular weight is 361 g/mol. The first-order valence-electron chi connectivity index (χ1n) is 7.31. The van der Waals surface area contributed by atoms with Crippen LogP contribution in [0.3, 0.4) is 0 Å². The number of nitrogens with one attached hydrogen (secondary N) is 1. The molecule has 5 nitrogen and oxygen atoms in total. The van der Waals surface area contributed by atoms with Crippen molar-refractivity contribution in [3.05, 3.63) is 47.2 Å². The van der Waals surface area contributed by atoms with Gasteiger partial charge in [-0.15, -0.1) is 0 Å². The van der Waals surface area contributed by atoms with Gasteiger partial charge in [0.15, 0.2) is 0 Å². The van der Waals surface area contributed by atoms with E-state index in [9.17, 15) is 4.79 Å². The van der Waals surface area contributed by atoms with E-state index in [-0.39, 0.29) is 11.8 Å². The minimum atomic E-state index is -0.0406. The Balaban J connectivity index is 1.64. The van der Waals surface area contributed by atoms with E-state index in [1.165, 1.54) is 0 Å². The number of nitrogens with zero attached hydrogens (tertiary/aromatic N) is 3. The fourth-order valence-corrected chi connectivity index (χ4v) is 2.87. The highest BCUT2D eigenvalue weighted by molar-refractivity contribution is 9.10. The van der Waals surface area contributed by atoms with Crippen LogP contribution in [-0.2, 0) is 4.79 Å². The molecule has 0 saturated carbocycles. The number of aromatic nitrogens is 2. The smallest absolute Gasteiger partial charge is 0.229 e. The molecule has 1 aromatic carbocycles. The van der Waals surface area contributed by atoms with Crippen LogP contribution in [0.4, 0.5) is 11.6 Å². The Morgan fingerprint density at radius 2 is 1.95 bits per heavy atom. The summed E-state index contributed by atoms with van der Waals surface area (Å²) in [4.78, 5) is 23.1. The second-order valence-corrected chi connectivity index (χ2v) is 6.25. The second kappa shape index (κ2) is 6.87. The molecule has 1 fully saturated rings. The summed E-state index contributed by atoms with van der Waals surface area (Å²) in [5, 5.41) is 2.98. The predicted octanol–water partition coefficient (Wildman–Crippen LogP) is 3.09. The zero-order valence-electron chi connectivity index (χ0n) is 12.1. The molecule has 0 radical (unpaired) electrons. The summed E-state index contributed by atoms with van der Waals surface area (Å²) in [6.45, 7) is 1.55. The summed E-state index contributed by atoms with van der Waals surface area (Å²) in [6, 6.07) is 9.41. The first kappa shape index (κ1) is 15.0. The van der Waals surface area contributed by atoms with E-state index in [4.69, 9.17) is 0 Å². The third kappa shape index (κ3) is 3.62. The molecular formula is C16H17BrN4O. The van der Waals surface area contributed by atoms with Crippen LogP contribution >= 0.6 is 15.9 Å². The molecule has 1 atom stereocenters. The van der Waals surface area contributed by atoms with Crippen molar-refractivity contribution >= 4 is 33.5 Å². The molecule has 0 aliphatic carbocycles. The number of piperidine rings is 1. The number of carbonyl (C=O) groups excluding carboxylic acids is 1. The van der Waals surface area contributed by atoms with Crippen molar-refractivity contribution in [2.24, 2.45) is 5.92 Å². The highest BCUT2D eigenvalue weighted by Crippen LogP contribution is 2.22. The Morgan fingerprint density at radius 3 is 2.68 bits per heavy atom. The lowest BCUT2D eigenvalue weighted by atomic mass is 9.97. The van der Waals surface area contributed by atoms with Crippen LogP contribution in [0, 0.1) is 5.92 Å². The van der Waals surface area contributed by atoms with E-state index in [0.717, 1.165) is 29.5 Å². The van der Waals surface area contributed by atoms with Crippen molar-refractivity contribution in [2.75, 3.05) is 23.3 Å². The SMILES string of the molecule is O=C(Nc1ccc(Br)cc1)C1CCCN(c2ncccn2)C1. The quantitative estimate of drug-likeness (QED) is 0.913. The van der Waals surface area contributed by atoms with Gasteiger partial charge in [-0.3, -0.25) is 4.79 Å². The molecule has 0 bridgehead atoms. The number of benzene rings is 1. The third-order valence-corrected chi connectivity index (χ3v) is 4.27. The van der Waals surface area contributed by atoms with Crippen molar-refractivity contribution in [3.8, 4) is 0 Å². The third-order valence-electron chi connectivity index (χ3n) is 3.74. The number of halogens is 1. The zero-order chi connectivity index (χ0) is 15.4. The van der Waals surface area contributed by atoms with Gasteiger partial charge in [-0.25, -0.2) is 9.97 Å². The van der Waals surface area contributed by atoms with E-state index in [0.29, 0.717) is 12.5 Å². The molecule has 1 N–H and O–H groups in total. The number of rotatable bonds is 3. The number of carbonyl (C=O) groups is 1. The summed E-state index contributed by atoms with van der Waals surface area (Å²) in [5.41, 5.74) is 0.821. The lowest BCUT2D eigenvalue weighted by Crippen LogP contribution is -2.41. The van der Waals surface area contributed by atoms with Crippen molar-refractivity contribution < 1.29 is 4.79 Å². The Bertz CT molecular complexity index is 632. The topological polar surface area (TPSA) is 58.1 Å². The fraction of sp³-hybridized carbons (Fsp3) is 0.312. The molecule has 1 unspecified atom stereocenters. The van der Waals surface area contributed by atoms with Gasteiger partial charge in [0.25, 0.3) is 0 Å². The van der Waals surface area contributed by atoms with Crippen molar-refractivity contribution in [1.82, 2.24) is 9.97 Å². The molecule has 2 heterocycles. The molecule has 1 aliphatic rings. The summed E-state index contributed by atoms with van der Waals surface area (Å²) in [6.07, 6.45) is 5.32. The average Bonchev–Trinajstić information content (AvgIpc) is 2.58. The molecular weight excluding hydrogens is 344 g/mol. The number of amides is 1. The van der Waals surface area contributed by atoms with Gasteiger partial charge in [0.2, 0.25) is 11.9 Å². The van der Waals surface area contributed by atoms with Gasteiger partial charge in [-0.05, 0) is 43.2 Å². The maximum absolute atomic E-state index is 12.4. The highest BCUT2D eigenvalue weighted by atomic mass is 79.9.